The normalized spacial score (nSPS) is 11.9. The lowest BCUT2D eigenvalue weighted by Crippen LogP contribution is -2.14. The van der Waals surface area contributed by atoms with Gasteiger partial charge in [0.1, 0.15) is 17.6 Å². The van der Waals surface area contributed by atoms with E-state index >= 15 is 0 Å². The number of aromatic hydroxyl groups is 4. The van der Waals surface area contributed by atoms with Gasteiger partial charge >= 0.3 is 0 Å². The number of Topliss-reactive ketones (excluding diaryl/α,β-unsaturated/α-hetero) is 1. The Morgan fingerprint density at radius 3 is 2.17 bits per heavy atom. The number of hydrogen-bond acceptors (Lipinski definition) is 7. The molecule has 2 aromatic rings. The highest BCUT2D eigenvalue weighted by Gasteiger charge is 2.22. The highest BCUT2D eigenvalue weighted by molar-refractivity contribution is 5.87. The zero-order chi connectivity index (χ0) is 17.1. The van der Waals surface area contributed by atoms with E-state index in [-0.39, 0.29) is 34.8 Å². The molecule has 2 aromatic carbocycles. The number of carbonyl (C=O) groups excluding carboxylic acids is 1. The average Bonchev–Trinajstić information content (AvgIpc) is 2.48. The lowest BCUT2D eigenvalue weighted by Gasteiger charge is -2.13. The van der Waals surface area contributed by atoms with Crippen molar-refractivity contribution in [3.05, 3.63) is 41.5 Å². The van der Waals surface area contributed by atoms with Crippen molar-refractivity contribution in [3.8, 4) is 28.7 Å². The van der Waals surface area contributed by atoms with Crippen LogP contribution in [0.15, 0.2) is 30.3 Å². The monoisotopic (exact) mass is 320 g/mol. The molecule has 0 heterocycles. The van der Waals surface area contributed by atoms with Gasteiger partial charge in [-0.05, 0) is 23.8 Å². The van der Waals surface area contributed by atoms with Gasteiger partial charge in [0.05, 0.1) is 7.11 Å². The van der Waals surface area contributed by atoms with Gasteiger partial charge in [0.2, 0.25) is 5.75 Å². The van der Waals surface area contributed by atoms with Gasteiger partial charge in [0.25, 0.3) is 0 Å². The first kappa shape index (κ1) is 16.4. The van der Waals surface area contributed by atoms with Crippen molar-refractivity contribution in [2.45, 2.75) is 12.5 Å². The molecular formula is C16H16O7. The zero-order valence-corrected chi connectivity index (χ0v) is 12.2. The van der Waals surface area contributed by atoms with Crippen LogP contribution in [0.5, 0.6) is 28.7 Å². The molecule has 0 aromatic heterocycles. The minimum absolute atomic E-state index is 0.0101. The maximum Gasteiger partial charge on any atom is 0.202 e. The lowest BCUT2D eigenvalue weighted by atomic mass is 9.98. The Labute approximate surface area is 131 Å². The number of aliphatic hydroxyl groups excluding tert-OH is 1. The van der Waals surface area contributed by atoms with Gasteiger partial charge in [0.15, 0.2) is 17.3 Å². The van der Waals surface area contributed by atoms with Crippen LogP contribution in [-0.4, -0.2) is 38.4 Å². The number of phenols is 4. The first-order valence-electron chi connectivity index (χ1n) is 6.65. The molecule has 0 spiro atoms. The second-order valence-electron chi connectivity index (χ2n) is 4.95. The van der Waals surface area contributed by atoms with Gasteiger partial charge in [-0.15, -0.1) is 0 Å². The highest BCUT2D eigenvalue weighted by atomic mass is 16.5. The minimum Gasteiger partial charge on any atom is -0.508 e. The topological polar surface area (TPSA) is 127 Å². The van der Waals surface area contributed by atoms with Gasteiger partial charge in [-0.25, -0.2) is 0 Å². The Morgan fingerprint density at radius 1 is 1.04 bits per heavy atom. The molecular weight excluding hydrogens is 304 g/mol. The van der Waals surface area contributed by atoms with Crippen LogP contribution in [0.4, 0.5) is 0 Å². The Kier molecular flexibility index (Phi) is 4.61. The fourth-order valence-electron chi connectivity index (χ4n) is 2.16. The summed E-state index contributed by atoms with van der Waals surface area (Å²) in [5, 5.41) is 48.3. The predicted octanol–water partition coefficient (Wildman–Crippen LogP) is 1.36. The van der Waals surface area contributed by atoms with Crippen LogP contribution < -0.4 is 4.74 Å². The molecule has 1 atom stereocenters. The molecule has 0 bridgehead atoms. The molecule has 23 heavy (non-hydrogen) atoms. The van der Waals surface area contributed by atoms with Gasteiger partial charge in [-0.3, -0.25) is 4.79 Å². The number of methoxy groups -OCH3 is 1. The van der Waals surface area contributed by atoms with E-state index in [1.54, 1.807) is 0 Å². The molecule has 0 aliphatic heterocycles. The van der Waals surface area contributed by atoms with Crippen molar-refractivity contribution in [1.82, 2.24) is 0 Å². The molecule has 1 unspecified atom stereocenters. The Hall–Kier alpha value is -2.93. The number of aliphatic hydroxyl groups is 1. The van der Waals surface area contributed by atoms with Crippen LogP contribution in [0.25, 0.3) is 0 Å². The van der Waals surface area contributed by atoms with Crippen molar-refractivity contribution in [2.75, 3.05) is 7.11 Å². The second-order valence-corrected chi connectivity index (χ2v) is 4.95. The third-order valence-corrected chi connectivity index (χ3v) is 3.33. The number of phenolic OH excluding ortho intramolecular Hbond substituents is 4. The largest absolute Gasteiger partial charge is 0.508 e. The van der Waals surface area contributed by atoms with Crippen LogP contribution in [0.3, 0.4) is 0 Å². The second kappa shape index (κ2) is 6.45. The smallest absolute Gasteiger partial charge is 0.202 e. The number of hydrogen-bond donors (Lipinski definition) is 5. The van der Waals surface area contributed by atoms with Gasteiger partial charge in [0, 0.05) is 18.1 Å². The molecule has 122 valence electrons. The summed E-state index contributed by atoms with van der Waals surface area (Å²) >= 11 is 0. The summed E-state index contributed by atoms with van der Waals surface area (Å²) in [6, 6.07) is 5.97. The third-order valence-electron chi connectivity index (χ3n) is 3.33. The molecule has 5 N–H and O–H groups in total. The summed E-state index contributed by atoms with van der Waals surface area (Å²) < 4.78 is 4.77. The van der Waals surface area contributed by atoms with Crippen LogP contribution in [0, 0.1) is 0 Å². The van der Waals surface area contributed by atoms with Crippen molar-refractivity contribution < 1.29 is 35.1 Å². The molecule has 7 heteroatoms. The summed E-state index contributed by atoms with van der Waals surface area (Å²) in [5.41, 5.74) is 0.220. The average molecular weight is 320 g/mol. The molecule has 0 fully saturated rings. The van der Waals surface area contributed by atoms with Crippen LogP contribution in [0.1, 0.15) is 17.2 Å². The maximum atomic E-state index is 12.1. The number of carbonyl (C=O) groups is 1. The third kappa shape index (κ3) is 3.46. The molecule has 0 radical (unpaired) electrons. The Balaban J connectivity index is 2.23. The van der Waals surface area contributed by atoms with Crippen molar-refractivity contribution >= 4 is 5.78 Å². The Morgan fingerprint density at radius 2 is 1.65 bits per heavy atom. The number of rotatable bonds is 5. The van der Waals surface area contributed by atoms with Gasteiger partial charge in [-0.2, -0.15) is 0 Å². The molecule has 0 amide bonds. The quantitative estimate of drug-likeness (QED) is 0.563. The number of benzene rings is 2. The summed E-state index contributed by atoms with van der Waals surface area (Å²) in [6.45, 7) is 0. The Bertz CT molecular complexity index is 716. The summed E-state index contributed by atoms with van der Waals surface area (Å²) in [5.74, 6) is -2.07. The van der Waals surface area contributed by atoms with Crippen molar-refractivity contribution in [1.29, 1.82) is 0 Å². The summed E-state index contributed by atoms with van der Waals surface area (Å²) in [4.78, 5) is 12.1. The van der Waals surface area contributed by atoms with E-state index in [1.807, 2.05) is 0 Å². The van der Waals surface area contributed by atoms with Gasteiger partial charge < -0.3 is 30.3 Å². The maximum absolute atomic E-state index is 12.1. The molecule has 2 rings (SSSR count). The molecule has 7 nitrogen and oxygen atoms in total. The van der Waals surface area contributed by atoms with Crippen molar-refractivity contribution in [2.24, 2.45) is 0 Å². The minimum atomic E-state index is -1.61. The fourth-order valence-corrected chi connectivity index (χ4v) is 2.16. The van der Waals surface area contributed by atoms with E-state index in [1.165, 1.54) is 19.2 Å². The fraction of sp³-hybridized carbons (Fsp3) is 0.188. The molecule has 0 saturated carbocycles. The predicted molar refractivity (Wildman–Crippen MR) is 79.8 cm³/mol. The summed E-state index contributed by atoms with van der Waals surface area (Å²) in [7, 11) is 1.25. The van der Waals surface area contributed by atoms with E-state index in [0.29, 0.717) is 0 Å². The lowest BCUT2D eigenvalue weighted by molar-refractivity contribution is -0.126. The van der Waals surface area contributed by atoms with E-state index in [4.69, 9.17) is 4.74 Å². The highest BCUT2D eigenvalue weighted by Crippen LogP contribution is 2.38. The molecule has 0 aliphatic rings. The molecule has 0 saturated heterocycles. The van der Waals surface area contributed by atoms with Gasteiger partial charge in [-0.1, -0.05) is 6.07 Å². The van der Waals surface area contributed by atoms with Crippen molar-refractivity contribution in [3.63, 3.8) is 0 Å². The standard InChI is InChI=1S/C16H16O7/c1-23-16-13(20)5-9(6-14(16)21)15(22)12(19)4-8-2-3-10(17)7-11(8)18/h2-3,5-7,15,17-18,20-22H,4H2,1H3. The van der Waals surface area contributed by atoms with E-state index in [0.717, 1.165) is 18.2 Å². The van der Waals surface area contributed by atoms with Crippen LogP contribution >= 0.6 is 0 Å². The molecule has 0 aliphatic carbocycles. The van der Waals surface area contributed by atoms with Crippen LogP contribution in [-0.2, 0) is 11.2 Å². The summed E-state index contributed by atoms with van der Waals surface area (Å²) in [6.07, 6.45) is -1.90. The first-order chi connectivity index (χ1) is 10.8. The van der Waals surface area contributed by atoms with E-state index in [2.05, 4.69) is 0 Å². The zero-order valence-electron chi connectivity index (χ0n) is 12.2. The van der Waals surface area contributed by atoms with E-state index in [9.17, 15) is 30.3 Å². The first-order valence-corrected chi connectivity index (χ1v) is 6.65. The number of ketones is 1. The SMILES string of the molecule is COc1c(O)cc(C(O)C(=O)Cc2ccc(O)cc2O)cc1O. The van der Waals surface area contributed by atoms with Crippen LogP contribution in [0.2, 0.25) is 0 Å². The number of ether oxygens (including phenoxy) is 1. The van der Waals surface area contributed by atoms with E-state index < -0.39 is 23.4 Å².